The largest absolute Gasteiger partial charge is 0.334 e. The normalized spacial score (nSPS) is 14.5. The quantitative estimate of drug-likeness (QED) is 0.837. The standard InChI is InChI=1S/C11H12N2OS2/c12-4-1-5-13(8-2-3-8)11(14)10-6-9(15)7-16-10/h6-8,15H,1-3,5H2. The first-order chi connectivity index (χ1) is 7.72. The molecule has 0 spiro atoms. The molecule has 0 bridgehead atoms. The third-order valence-corrected chi connectivity index (χ3v) is 3.86. The number of hydrogen-bond acceptors (Lipinski definition) is 4. The van der Waals surface area contributed by atoms with Gasteiger partial charge in [0, 0.05) is 22.9 Å². The maximum atomic E-state index is 12.1. The Bertz CT molecular complexity index is 431. The highest BCUT2D eigenvalue weighted by molar-refractivity contribution is 7.80. The molecule has 2 rings (SSSR count). The minimum Gasteiger partial charge on any atom is -0.334 e. The van der Waals surface area contributed by atoms with Crippen molar-refractivity contribution in [2.45, 2.75) is 30.2 Å². The minimum absolute atomic E-state index is 0.0445. The summed E-state index contributed by atoms with van der Waals surface area (Å²) in [7, 11) is 0. The third-order valence-electron chi connectivity index (χ3n) is 2.51. The number of hydrogen-bond donors (Lipinski definition) is 1. The van der Waals surface area contributed by atoms with Crippen molar-refractivity contribution >= 4 is 29.9 Å². The number of carbonyl (C=O) groups is 1. The lowest BCUT2D eigenvalue weighted by atomic mass is 10.3. The first-order valence-corrected chi connectivity index (χ1v) is 6.50. The van der Waals surface area contributed by atoms with Crippen LogP contribution in [0.25, 0.3) is 0 Å². The second-order valence-electron chi connectivity index (χ2n) is 3.81. The van der Waals surface area contributed by atoms with E-state index >= 15 is 0 Å². The van der Waals surface area contributed by atoms with E-state index in [2.05, 4.69) is 18.7 Å². The molecule has 5 heteroatoms. The van der Waals surface area contributed by atoms with Crippen LogP contribution in [-0.4, -0.2) is 23.4 Å². The van der Waals surface area contributed by atoms with Gasteiger partial charge in [-0.15, -0.1) is 24.0 Å². The Kier molecular flexibility index (Phi) is 3.52. The van der Waals surface area contributed by atoms with Crippen molar-refractivity contribution in [3.8, 4) is 6.07 Å². The Labute approximate surface area is 104 Å². The van der Waals surface area contributed by atoms with Crippen LogP contribution >= 0.6 is 24.0 Å². The number of amides is 1. The van der Waals surface area contributed by atoms with E-state index in [0.717, 1.165) is 22.6 Å². The molecule has 0 atom stereocenters. The average molecular weight is 252 g/mol. The molecule has 0 unspecified atom stereocenters. The van der Waals surface area contributed by atoms with Gasteiger partial charge in [-0.25, -0.2) is 0 Å². The minimum atomic E-state index is 0.0445. The fourth-order valence-corrected chi connectivity index (χ4v) is 2.69. The molecule has 1 aromatic heterocycles. The fraction of sp³-hybridized carbons (Fsp3) is 0.455. The van der Waals surface area contributed by atoms with E-state index in [-0.39, 0.29) is 5.91 Å². The summed E-state index contributed by atoms with van der Waals surface area (Å²) in [6, 6.07) is 4.23. The molecule has 0 N–H and O–H groups in total. The molecule has 0 aliphatic heterocycles. The average Bonchev–Trinajstić information content (AvgIpc) is 3.01. The van der Waals surface area contributed by atoms with Gasteiger partial charge in [0.1, 0.15) is 0 Å². The summed E-state index contributed by atoms with van der Waals surface area (Å²) in [6.45, 7) is 0.541. The van der Waals surface area contributed by atoms with Gasteiger partial charge in [-0.2, -0.15) is 5.26 Å². The van der Waals surface area contributed by atoms with Crippen LogP contribution in [0, 0.1) is 11.3 Å². The number of rotatable bonds is 4. The highest BCUT2D eigenvalue weighted by Gasteiger charge is 2.33. The number of thiophene rings is 1. The molecule has 0 aromatic carbocycles. The van der Waals surface area contributed by atoms with Gasteiger partial charge >= 0.3 is 0 Å². The van der Waals surface area contributed by atoms with Crippen LogP contribution in [0.4, 0.5) is 0 Å². The summed E-state index contributed by atoms with van der Waals surface area (Å²) in [5, 5.41) is 10.4. The Morgan fingerprint density at radius 2 is 2.44 bits per heavy atom. The number of thiol groups is 1. The van der Waals surface area contributed by atoms with Gasteiger partial charge in [-0.1, -0.05) is 0 Å². The van der Waals surface area contributed by atoms with Gasteiger partial charge in [0.2, 0.25) is 0 Å². The molecule has 1 aromatic rings. The highest BCUT2D eigenvalue weighted by atomic mass is 32.1. The van der Waals surface area contributed by atoms with E-state index in [1.165, 1.54) is 11.3 Å². The first-order valence-electron chi connectivity index (χ1n) is 5.18. The van der Waals surface area contributed by atoms with Crippen LogP contribution in [0.2, 0.25) is 0 Å². The molecule has 0 saturated heterocycles. The highest BCUT2D eigenvalue weighted by Crippen LogP contribution is 2.30. The second-order valence-corrected chi connectivity index (χ2v) is 5.23. The third kappa shape index (κ3) is 2.57. The Morgan fingerprint density at radius 3 is 2.94 bits per heavy atom. The van der Waals surface area contributed by atoms with Crippen LogP contribution in [0.15, 0.2) is 16.3 Å². The Balaban J connectivity index is 2.08. The number of nitrogens with zero attached hydrogens (tertiary/aromatic N) is 2. The molecular weight excluding hydrogens is 240 g/mol. The zero-order chi connectivity index (χ0) is 11.5. The van der Waals surface area contributed by atoms with Gasteiger partial charge in [-0.05, 0) is 18.9 Å². The summed E-state index contributed by atoms with van der Waals surface area (Å²) >= 11 is 5.61. The van der Waals surface area contributed by atoms with Gasteiger partial charge in [-0.3, -0.25) is 4.79 Å². The van der Waals surface area contributed by atoms with Gasteiger partial charge < -0.3 is 4.90 Å². The Morgan fingerprint density at radius 1 is 1.69 bits per heavy atom. The monoisotopic (exact) mass is 252 g/mol. The van der Waals surface area contributed by atoms with Crippen LogP contribution in [0.5, 0.6) is 0 Å². The molecule has 0 radical (unpaired) electrons. The molecule has 1 aliphatic rings. The van der Waals surface area contributed by atoms with Crippen LogP contribution in [0.3, 0.4) is 0 Å². The zero-order valence-electron chi connectivity index (χ0n) is 8.72. The van der Waals surface area contributed by atoms with Gasteiger partial charge in [0.15, 0.2) is 0 Å². The number of carbonyl (C=O) groups excluding carboxylic acids is 1. The van der Waals surface area contributed by atoms with E-state index in [4.69, 9.17) is 5.26 Å². The molecule has 1 saturated carbocycles. The topological polar surface area (TPSA) is 44.1 Å². The molecule has 1 aliphatic carbocycles. The van der Waals surface area contributed by atoms with Crippen molar-refractivity contribution in [3.05, 3.63) is 16.3 Å². The summed E-state index contributed by atoms with van der Waals surface area (Å²) in [5.41, 5.74) is 0. The van der Waals surface area contributed by atoms with Crippen LogP contribution < -0.4 is 0 Å². The lowest BCUT2D eigenvalue weighted by Gasteiger charge is -2.20. The molecule has 1 amide bonds. The number of nitriles is 1. The molecular formula is C11H12N2OS2. The molecule has 84 valence electrons. The predicted molar refractivity (Wildman–Crippen MR) is 65.9 cm³/mol. The zero-order valence-corrected chi connectivity index (χ0v) is 10.4. The molecule has 3 nitrogen and oxygen atoms in total. The van der Waals surface area contributed by atoms with Crippen LogP contribution in [-0.2, 0) is 0 Å². The first kappa shape index (κ1) is 11.5. The van der Waals surface area contributed by atoms with Crippen molar-refractivity contribution in [1.29, 1.82) is 5.26 Å². The van der Waals surface area contributed by atoms with Crippen molar-refractivity contribution in [3.63, 3.8) is 0 Å². The maximum absolute atomic E-state index is 12.1. The summed E-state index contributed by atoms with van der Waals surface area (Å²) in [5.74, 6) is 0.0445. The van der Waals surface area contributed by atoms with E-state index in [1.54, 1.807) is 6.07 Å². The fourth-order valence-electron chi connectivity index (χ4n) is 1.59. The lowest BCUT2D eigenvalue weighted by molar-refractivity contribution is 0.0751. The van der Waals surface area contributed by atoms with Crippen molar-refractivity contribution in [2.75, 3.05) is 6.54 Å². The van der Waals surface area contributed by atoms with Gasteiger partial charge in [0.25, 0.3) is 5.91 Å². The molecule has 1 heterocycles. The summed E-state index contributed by atoms with van der Waals surface area (Å²) in [6.07, 6.45) is 2.54. The lowest BCUT2D eigenvalue weighted by Crippen LogP contribution is -2.33. The van der Waals surface area contributed by atoms with E-state index < -0.39 is 0 Å². The van der Waals surface area contributed by atoms with Gasteiger partial charge in [0.05, 0.1) is 17.4 Å². The summed E-state index contributed by atoms with van der Waals surface area (Å²) in [4.78, 5) is 15.5. The molecule has 1 fully saturated rings. The van der Waals surface area contributed by atoms with Crippen molar-refractivity contribution in [2.24, 2.45) is 0 Å². The smallest absolute Gasteiger partial charge is 0.264 e. The predicted octanol–water partition coefficient (Wildman–Crippen LogP) is 2.56. The van der Waals surface area contributed by atoms with Crippen molar-refractivity contribution < 1.29 is 4.79 Å². The van der Waals surface area contributed by atoms with Crippen LogP contribution in [0.1, 0.15) is 28.9 Å². The Hall–Kier alpha value is -0.990. The van der Waals surface area contributed by atoms with E-state index in [9.17, 15) is 4.79 Å². The van der Waals surface area contributed by atoms with E-state index in [0.29, 0.717) is 19.0 Å². The summed E-state index contributed by atoms with van der Waals surface area (Å²) < 4.78 is 0. The molecule has 16 heavy (non-hydrogen) atoms. The maximum Gasteiger partial charge on any atom is 0.264 e. The SMILES string of the molecule is N#CCCN(C(=O)c1cc(S)cs1)C1CC1. The van der Waals surface area contributed by atoms with E-state index in [1.807, 2.05) is 10.3 Å². The second kappa shape index (κ2) is 4.89. The van der Waals surface area contributed by atoms with Crippen molar-refractivity contribution in [1.82, 2.24) is 4.90 Å².